The molecule has 0 unspecified atom stereocenters. The molecular formula is C22H21N3O3S2. The first-order chi connectivity index (χ1) is 14.5. The molecule has 1 aliphatic heterocycles. The third-order valence-electron chi connectivity index (χ3n) is 5.60. The number of hydrogen-bond donors (Lipinski definition) is 1. The van der Waals surface area contributed by atoms with Gasteiger partial charge in [-0.1, -0.05) is 18.7 Å². The van der Waals surface area contributed by atoms with Gasteiger partial charge < -0.3 is 9.73 Å². The van der Waals surface area contributed by atoms with Gasteiger partial charge >= 0.3 is 0 Å². The number of nitrogens with one attached hydrogen (secondary N) is 1. The van der Waals surface area contributed by atoms with Crippen LogP contribution in [0.5, 0.6) is 0 Å². The Hall–Kier alpha value is -2.45. The van der Waals surface area contributed by atoms with Crippen molar-refractivity contribution in [3.05, 3.63) is 45.8 Å². The number of anilines is 1. The number of thioether (sulfide) groups is 1. The molecule has 1 aliphatic carbocycles. The van der Waals surface area contributed by atoms with Crippen LogP contribution in [0.3, 0.4) is 0 Å². The number of benzene rings is 1. The van der Waals surface area contributed by atoms with Crippen LogP contribution in [0.25, 0.3) is 10.8 Å². The highest BCUT2D eigenvalue weighted by Crippen LogP contribution is 2.37. The van der Waals surface area contributed by atoms with E-state index < -0.39 is 0 Å². The first kappa shape index (κ1) is 19.5. The predicted octanol–water partition coefficient (Wildman–Crippen LogP) is 4.78. The van der Waals surface area contributed by atoms with Crippen LogP contribution in [0.4, 0.5) is 5.69 Å². The minimum absolute atomic E-state index is 0.0000234. The van der Waals surface area contributed by atoms with Gasteiger partial charge in [-0.2, -0.15) is 0 Å². The van der Waals surface area contributed by atoms with Crippen LogP contribution in [0.15, 0.2) is 33.9 Å². The van der Waals surface area contributed by atoms with Crippen molar-refractivity contribution in [3.8, 4) is 10.8 Å². The Bertz CT molecular complexity index is 1130. The summed E-state index contributed by atoms with van der Waals surface area (Å²) in [5, 5.41) is 11.5. The lowest BCUT2D eigenvalue weighted by molar-refractivity contribution is -0.116. The molecule has 0 fully saturated rings. The minimum Gasteiger partial charge on any atom is -0.410 e. The molecule has 0 saturated heterocycles. The van der Waals surface area contributed by atoms with Crippen LogP contribution in [-0.4, -0.2) is 27.6 Å². The smallest absolute Gasteiger partial charge is 0.277 e. The van der Waals surface area contributed by atoms with E-state index in [4.69, 9.17) is 4.42 Å². The molecule has 0 spiro atoms. The van der Waals surface area contributed by atoms with Crippen LogP contribution in [0, 0.1) is 5.92 Å². The fourth-order valence-electron chi connectivity index (χ4n) is 3.95. The third kappa shape index (κ3) is 3.94. The summed E-state index contributed by atoms with van der Waals surface area (Å²) in [5.41, 5.74) is 3.84. The van der Waals surface area contributed by atoms with E-state index in [9.17, 15) is 9.59 Å². The Labute approximate surface area is 182 Å². The van der Waals surface area contributed by atoms with Gasteiger partial charge in [0.2, 0.25) is 5.91 Å². The monoisotopic (exact) mass is 439 g/mol. The van der Waals surface area contributed by atoms with Crippen molar-refractivity contribution in [1.29, 1.82) is 0 Å². The van der Waals surface area contributed by atoms with Gasteiger partial charge in [-0.15, -0.1) is 21.5 Å². The van der Waals surface area contributed by atoms with E-state index in [0.717, 1.165) is 34.9 Å². The van der Waals surface area contributed by atoms with Crippen molar-refractivity contribution in [2.24, 2.45) is 5.92 Å². The lowest BCUT2D eigenvalue weighted by Gasteiger charge is -2.17. The standard InChI is InChI=1S/C22H21N3O3S2/c1-12-2-6-18-15(8-12)10-19(30-18)21-24-25-22(28-21)29-11-17(26)14-3-5-16-13(9-14)4-7-20(27)23-16/h3,5,9-10,12H,2,4,6-8,11H2,1H3,(H,23,27)/t12-/m1/s1. The van der Waals surface area contributed by atoms with Gasteiger partial charge in [0.05, 0.1) is 10.6 Å². The molecule has 3 heterocycles. The molecule has 0 radical (unpaired) electrons. The molecule has 5 rings (SSSR count). The van der Waals surface area contributed by atoms with E-state index in [-0.39, 0.29) is 17.4 Å². The molecule has 3 aromatic rings. The molecule has 6 nitrogen and oxygen atoms in total. The normalized spacial score (nSPS) is 17.9. The lowest BCUT2D eigenvalue weighted by Crippen LogP contribution is -2.19. The highest BCUT2D eigenvalue weighted by Gasteiger charge is 2.22. The van der Waals surface area contributed by atoms with E-state index in [1.807, 2.05) is 6.07 Å². The van der Waals surface area contributed by atoms with Crippen LogP contribution in [0.2, 0.25) is 0 Å². The summed E-state index contributed by atoms with van der Waals surface area (Å²) in [5.74, 6) is 1.50. The molecule has 1 N–H and O–H groups in total. The number of aromatic nitrogens is 2. The summed E-state index contributed by atoms with van der Waals surface area (Å²) >= 11 is 2.99. The number of ketones is 1. The Balaban J connectivity index is 1.24. The Morgan fingerprint density at radius 2 is 2.13 bits per heavy atom. The highest BCUT2D eigenvalue weighted by atomic mass is 32.2. The number of carbonyl (C=O) groups excluding carboxylic acids is 2. The maximum absolute atomic E-state index is 12.6. The molecule has 1 atom stereocenters. The number of hydrogen-bond acceptors (Lipinski definition) is 7. The quantitative estimate of drug-likeness (QED) is 0.455. The number of thiophene rings is 1. The number of amides is 1. The summed E-state index contributed by atoms with van der Waals surface area (Å²) in [6.07, 6.45) is 4.58. The van der Waals surface area contributed by atoms with E-state index >= 15 is 0 Å². The van der Waals surface area contributed by atoms with Gasteiger partial charge in [0, 0.05) is 22.5 Å². The molecule has 0 saturated carbocycles. The second kappa shape index (κ2) is 8.00. The number of rotatable bonds is 5. The van der Waals surface area contributed by atoms with Gasteiger partial charge in [-0.05, 0) is 67.0 Å². The van der Waals surface area contributed by atoms with Crippen LogP contribution in [-0.2, 0) is 24.1 Å². The molecular weight excluding hydrogens is 418 g/mol. The summed E-state index contributed by atoms with van der Waals surface area (Å²) in [6, 6.07) is 7.60. The number of carbonyl (C=O) groups is 2. The van der Waals surface area contributed by atoms with Crippen molar-refractivity contribution in [2.75, 3.05) is 11.1 Å². The van der Waals surface area contributed by atoms with Crippen molar-refractivity contribution >= 4 is 40.5 Å². The number of nitrogens with zero attached hydrogens (tertiary/aromatic N) is 2. The first-order valence-corrected chi connectivity index (χ1v) is 11.9. The number of fused-ring (bicyclic) bond motifs is 2. The molecule has 2 aromatic heterocycles. The van der Waals surface area contributed by atoms with Crippen molar-refractivity contribution in [2.45, 2.75) is 44.3 Å². The fourth-order valence-corrected chi connectivity index (χ4v) is 5.73. The Kier molecular flexibility index (Phi) is 5.20. The second-order valence-corrected chi connectivity index (χ2v) is 9.98. The van der Waals surface area contributed by atoms with Gasteiger partial charge in [-0.25, -0.2) is 0 Å². The SMILES string of the molecule is C[C@@H]1CCc2sc(-c3nnc(SCC(=O)c4ccc5c(c4)CCC(=O)N5)o3)cc2C1. The minimum atomic E-state index is 0.0000234. The zero-order valence-corrected chi connectivity index (χ0v) is 18.2. The summed E-state index contributed by atoms with van der Waals surface area (Å²) in [6.45, 7) is 2.29. The predicted molar refractivity (Wildman–Crippen MR) is 117 cm³/mol. The van der Waals surface area contributed by atoms with Crippen molar-refractivity contribution in [3.63, 3.8) is 0 Å². The maximum atomic E-state index is 12.6. The summed E-state index contributed by atoms with van der Waals surface area (Å²) in [7, 11) is 0. The molecule has 0 bridgehead atoms. The summed E-state index contributed by atoms with van der Waals surface area (Å²) in [4.78, 5) is 26.5. The van der Waals surface area contributed by atoms with Crippen LogP contribution < -0.4 is 5.32 Å². The van der Waals surface area contributed by atoms with Gasteiger partial charge in [0.1, 0.15) is 0 Å². The Morgan fingerprint density at radius 3 is 3.03 bits per heavy atom. The van der Waals surface area contributed by atoms with Gasteiger partial charge in [0.15, 0.2) is 5.78 Å². The van der Waals surface area contributed by atoms with E-state index in [2.05, 4.69) is 28.5 Å². The van der Waals surface area contributed by atoms with Crippen LogP contribution in [0.1, 0.15) is 46.1 Å². The molecule has 8 heteroatoms. The largest absolute Gasteiger partial charge is 0.410 e. The fraction of sp³-hybridized carbons (Fsp3) is 0.364. The highest BCUT2D eigenvalue weighted by molar-refractivity contribution is 7.99. The Morgan fingerprint density at radius 1 is 1.23 bits per heavy atom. The molecule has 2 aliphatic rings. The van der Waals surface area contributed by atoms with E-state index in [1.54, 1.807) is 23.5 Å². The van der Waals surface area contributed by atoms with Gasteiger partial charge in [0.25, 0.3) is 11.1 Å². The third-order valence-corrected chi connectivity index (χ3v) is 7.64. The zero-order chi connectivity index (χ0) is 20.7. The molecule has 154 valence electrons. The van der Waals surface area contributed by atoms with Gasteiger partial charge in [-0.3, -0.25) is 9.59 Å². The van der Waals surface area contributed by atoms with Crippen LogP contribution >= 0.6 is 23.1 Å². The molecule has 1 amide bonds. The lowest BCUT2D eigenvalue weighted by atomic mass is 9.90. The molecule has 1 aromatic carbocycles. The average molecular weight is 440 g/mol. The van der Waals surface area contributed by atoms with E-state index in [1.165, 1.54) is 28.6 Å². The van der Waals surface area contributed by atoms with Crippen molar-refractivity contribution < 1.29 is 14.0 Å². The van der Waals surface area contributed by atoms with Crippen molar-refractivity contribution in [1.82, 2.24) is 10.2 Å². The molecule has 30 heavy (non-hydrogen) atoms. The first-order valence-electron chi connectivity index (χ1n) is 10.1. The zero-order valence-electron chi connectivity index (χ0n) is 16.6. The number of Topliss-reactive ketones (excluding diaryl/α,β-unsaturated/α-hetero) is 1. The maximum Gasteiger partial charge on any atom is 0.277 e. The summed E-state index contributed by atoms with van der Waals surface area (Å²) < 4.78 is 5.81. The number of aryl methyl sites for hydroxylation is 2. The average Bonchev–Trinajstić information content (AvgIpc) is 3.38. The van der Waals surface area contributed by atoms with E-state index in [0.29, 0.717) is 29.5 Å². The topological polar surface area (TPSA) is 85.1 Å². The second-order valence-electron chi connectivity index (χ2n) is 7.91.